The first kappa shape index (κ1) is 16.4. The minimum absolute atomic E-state index is 0.0548. The van der Waals surface area contributed by atoms with E-state index in [0.29, 0.717) is 0 Å². The summed E-state index contributed by atoms with van der Waals surface area (Å²) in [6, 6.07) is 2.13. The molecule has 0 aliphatic rings. The number of sulfonamides is 1. The van der Waals surface area contributed by atoms with E-state index in [1.54, 1.807) is 0 Å². The highest BCUT2D eigenvalue weighted by Crippen LogP contribution is 2.22. The van der Waals surface area contributed by atoms with Gasteiger partial charge in [-0.1, -0.05) is 16.8 Å². The van der Waals surface area contributed by atoms with E-state index in [1.165, 1.54) is 26.8 Å². The molecule has 118 valence electrons. The first-order chi connectivity index (χ1) is 10.1. The van der Waals surface area contributed by atoms with Crippen molar-refractivity contribution in [3.63, 3.8) is 0 Å². The number of hydrogen-bond acceptors (Lipinski definition) is 5. The van der Waals surface area contributed by atoms with Gasteiger partial charge in [-0.2, -0.15) is 0 Å². The predicted molar refractivity (Wildman–Crippen MR) is 76.8 cm³/mol. The summed E-state index contributed by atoms with van der Waals surface area (Å²) < 4.78 is 44.4. The van der Waals surface area contributed by atoms with E-state index in [2.05, 4.69) is 5.16 Å². The molecule has 0 saturated heterocycles. The van der Waals surface area contributed by atoms with E-state index in [0.717, 1.165) is 6.07 Å². The van der Waals surface area contributed by atoms with E-state index in [1.807, 2.05) is 4.72 Å². The molecule has 1 amide bonds. The normalized spacial score (nSPS) is 11.5. The molecule has 9 heteroatoms. The molecular weight excluding hydrogens is 335 g/mol. The van der Waals surface area contributed by atoms with Gasteiger partial charge < -0.3 is 4.52 Å². The van der Waals surface area contributed by atoms with Gasteiger partial charge in [-0.3, -0.25) is 4.79 Å². The highest BCUT2D eigenvalue weighted by atomic mass is 35.5. The van der Waals surface area contributed by atoms with Gasteiger partial charge in [-0.15, -0.1) is 0 Å². The van der Waals surface area contributed by atoms with Crippen molar-refractivity contribution in [2.45, 2.75) is 25.7 Å². The number of carbonyl (C=O) groups excluding carboxylic acids is 1. The van der Waals surface area contributed by atoms with Crippen LogP contribution in [-0.4, -0.2) is 19.5 Å². The molecule has 0 radical (unpaired) electrons. The van der Waals surface area contributed by atoms with Crippen molar-refractivity contribution < 1.29 is 22.1 Å². The maximum absolute atomic E-state index is 13.3. The van der Waals surface area contributed by atoms with Gasteiger partial charge in [0, 0.05) is 0 Å². The molecular formula is C13H12ClFN2O4S. The Morgan fingerprint density at radius 2 is 1.95 bits per heavy atom. The van der Waals surface area contributed by atoms with Crippen molar-refractivity contribution >= 4 is 27.5 Å². The van der Waals surface area contributed by atoms with Gasteiger partial charge >= 0.3 is 0 Å². The lowest BCUT2D eigenvalue weighted by atomic mass is 10.1. The molecule has 1 N–H and O–H groups in total. The van der Waals surface area contributed by atoms with Crippen LogP contribution in [0.4, 0.5) is 4.39 Å². The Morgan fingerprint density at radius 3 is 2.50 bits per heavy atom. The van der Waals surface area contributed by atoms with Crippen molar-refractivity contribution in [3.8, 4) is 0 Å². The first-order valence-electron chi connectivity index (χ1n) is 6.09. The largest absolute Gasteiger partial charge is 0.360 e. The number of benzene rings is 1. The number of halogens is 2. The van der Waals surface area contributed by atoms with Crippen LogP contribution in [0.3, 0.4) is 0 Å². The van der Waals surface area contributed by atoms with E-state index < -0.39 is 21.7 Å². The van der Waals surface area contributed by atoms with Crippen LogP contribution < -0.4 is 4.72 Å². The van der Waals surface area contributed by atoms with Crippen LogP contribution in [0.1, 0.15) is 27.4 Å². The third-order valence-electron chi connectivity index (χ3n) is 2.96. The Hall–Kier alpha value is -1.93. The zero-order valence-electron chi connectivity index (χ0n) is 11.9. The second-order valence-corrected chi connectivity index (χ2v) is 6.70. The number of nitrogens with one attached hydrogen (secondary N) is 1. The molecule has 0 spiro atoms. The van der Waals surface area contributed by atoms with Crippen molar-refractivity contribution in [1.29, 1.82) is 0 Å². The monoisotopic (exact) mass is 346 g/mol. The summed E-state index contributed by atoms with van der Waals surface area (Å²) in [5.41, 5.74) is 0.152. The van der Waals surface area contributed by atoms with Crippen LogP contribution in [0.2, 0.25) is 5.02 Å². The summed E-state index contributed by atoms with van der Waals surface area (Å²) >= 11 is 5.79. The van der Waals surface area contributed by atoms with Gasteiger partial charge in [0.25, 0.3) is 15.9 Å². The molecule has 1 aromatic heterocycles. The van der Waals surface area contributed by atoms with Crippen LogP contribution in [-0.2, 0) is 10.0 Å². The lowest BCUT2D eigenvalue weighted by Crippen LogP contribution is -2.31. The second-order valence-electron chi connectivity index (χ2n) is 4.67. The quantitative estimate of drug-likeness (QED) is 0.922. The summed E-state index contributed by atoms with van der Waals surface area (Å²) in [7, 11) is -4.17. The van der Waals surface area contributed by atoms with Crippen molar-refractivity contribution in [3.05, 3.63) is 45.6 Å². The molecule has 0 fully saturated rings. The van der Waals surface area contributed by atoms with Gasteiger partial charge in [0.2, 0.25) is 0 Å². The summed E-state index contributed by atoms with van der Waals surface area (Å²) in [5.74, 6) is -1.50. The molecule has 22 heavy (non-hydrogen) atoms. The molecule has 0 atom stereocenters. The van der Waals surface area contributed by atoms with Crippen LogP contribution >= 0.6 is 11.6 Å². The van der Waals surface area contributed by atoms with E-state index >= 15 is 0 Å². The molecule has 0 bridgehead atoms. The number of rotatable bonds is 3. The molecule has 0 unspecified atom stereocenters. The third-order valence-corrected chi connectivity index (χ3v) is 4.84. The van der Waals surface area contributed by atoms with Gasteiger partial charge in [-0.25, -0.2) is 17.5 Å². The first-order valence-corrected chi connectivity index (χ1v) is 7.95. The van der Waals surface area contributed by atoms with Crippen LogP contribution in [0, 0.1) is 26.6 Å². The highest BCUT2D eigenvalue weighted by molar-refractivity contribution is 7.90. The minimum atomic E-state index is -4.17. The number of hydrogen-bond donors (Lipinski definition) is 1. The van der Waals surface area contributed by atoms with Crippen molar-refractivity contribution in [1.82, 2.24) is 9.88 Å². The van der Waals surface area contributed by atoms with Crippen molar-refractivity contribution in [2.75, 3.05) is 0 Å². The summed E-state index contributed by atoms with van der Waals surface area (Å²) in [5, 5.41) is 3.34. The zero-order chi connectivity index (χ0) is 16.7. The average Bonchev–Trinajstić information content (AvgIpc) is 2.73. The minimum Gasteiger partial charge on any atom is -0.360 e. The second kappa shape index (κ2) is 5.69. The molecule has 1 heterocycles. The fourth-order valence-electron chi connectivity index (χ4n) is 1.92. The summed E-state index contributed by atoms with van der Waals surface area (Å²) in [6.45, 7) is 4.28. The van der Waals surface area contributed by atoms with E-state index in [4.69, 9.17) is 16.1 Å². The number of carbonyl (C=O) groups is 1. The molecule has 2 aromatic rings. The number of nitrogens with zero attached hydrogens (tertiary/aromatic N) is 1. The molecule has 6 nitrogen and oxygen atoms in total. The fraction of sp³-hybridized carbons (Fsp3) is 0.231. The lowest BCUT2D eigenvalue weighted by molar-refractivity contribution is 0.0981. The Morgan fingerprint density at radius 1 is 1.32 bits per heavy atom. The molecule has 0 aliphatic heterocycles. The topological polar surface area (TPSA) is 89.3 Å². The Labute approximate surface area is 131 Å². The molecule has 0 saturated carbocycles. The maximum atomic E-state index is 13.3. The van der Waals surface area contributed by atoms with E-state index in [9.17, 15) is 17.6 Å². The molecule has 2 rings (SSSR count). The highest BCUT2D eigenvalue weighted by Gasteiger charge is 2.27. The van der Waals surface area contributed by atoms with Gasteiger partial charge in [0.15, 0.2) is 10.7 Å². The molecule has 0 aliphatic carbocycles. The van der Waals surface area contributed by atoms with Crippen LogP contribution in [0.15, 0.2) is 21.6 Å². The Balaban J connectivity index is 2.39. The standard InChI is InChI=1S/C13H12ClFN2O4S/c1-6-4-9(10(14)5-11(6)15)13(18)17-22(19,20)12-7(2)16-21-8(12)3/h4-5H,1-3H3,(H,17,18). The van der Waals surface area contributed by atoms with Crippen molar-refractivity contribution in [2.24, 2.45) is 0 Å². The number of aryl methyl sites for hydroxylation is 3. The van der Waals surface area contributed by atoms with Crippen LogP contribution in [0.5, 0.6) is 0 Å². The number of amides is 1. The number of aromatic nitrogens is 1. The smallest absolute Gasteiger partial charge is 0.269 e. The van der Waals surface area contributed by atoms with E-state index in [-0.39, 0.29) is 32.5 Å². The predicted octanol–water partition coefficient (Wildman–Crippen LogP) is 2.51. The maximum Gasteiger partial charge on any atom is 0.269 e. The molecule has 1 aromatic carbocycles. The SMILES string of the molecule is Cc1cc(C(=O)NS(=O)(=O)c2c(C)noc2C)c(Cl)cc1F. The van der Waals surface area contributed by atoms with Crippen LogP contribution in [0.25, 0.3) is 0 Å². The van der Waals surface area contributed by atoms with Gasteiger partial charge in [0.05, 0.1) is 10.6 Å². The average molecular weight is 347 g/mol. The third kappa shape index (κ3) is 2.97. The van der Waals surface area contributed by atoms with Gasteiger partial charge in [0.1, 0.15) is 11.5 Å². The summed E-state index contributed by atoms with van der Waals surface area (Å²) in [4.78, 5) is 11.9. The fourth-order valence-corrected chi connectivity index (χ4v) is 3.45. The zero-order valence-corrected chi connectivity index (χ0v) is 13.5. The lowest BCUT2D eigenvalue weighted by Gasteiger charge is -2.09. The Bertz CT molecular complexity index is 842. The summed E-state index contributed by atoms with van der Waals surface area (Å²) in [6.07, 6.45) is 0. The Kier molecular flexibility index (Phi) is 4.25. The van der Waals surface area contributed by atoms with Gasteiger partial charge in [-0.05, 0) is 38.5 Å².